The third kappa shape index (κ3) is 1.71. The molecule has 0 radical (unpaired) electrons. The molecule has 3 nitrogen and oxygen atoms in total. The van der Waals surface area contributed by atoms with Crippen molar-refractivity contribution in [3.05, 3.63) is 30.3 Å². The van der Waals surface area contributed by atoms with Crippen LogP contribution < -0.4 is 4.90 Å². The average Bonchev–Trinajstić information content (AvgIpc) is 2.68. The number of rotatable bonds is 2. The number of nitrogens with zero attached hydrogens (tertiary/aromatic N) is 1. The summed E-state index contributed by atoms with van der Waals surface area (Å²) in [6.45, 7) is 1.49. The van der Waals surface area contributed by atoms with Crippen molar-refractivity contribution in [1.29, 1.82) is 0 Å². The van der Waals surface area contributed by atoms with Crippen LogP contribution in [0.25, 0.3) is 0 Å². The van der Waals surface area contributed by atoms with E-state index in [1.54, 1.807) is 0 Å². The second-order valence-corrected chi connectivity index (χ2v) is 3.61. The molecule has 1 atom stereocenters. The first-order chi connectivity index (χ1) is 6.77. The maximum Gasteiger partial charge on any atom is 0.308 e. The molecule has 0 bridgehead atoms. The number of para-hydroxylation sites is 1. The van der Waals surface area contributed by atoms with Gasteiger partial charge in [0.1, 0.15) is 0 Å². The van der Waals surface area contributed by atoms with Gasteiger partial charge >= 0.3 is 5.97 Å². The Kier molecular flexibility index (Phi) is 2.39. The van der Waals surface area contributed by atoms with Crippen LogP contribution in [0.1, 0.15) is 6.42 Å². The van der Waals surface area contributed by atoms with Gasteiger partial charge in [0.25, 0.3) is 0 Å². The van der Waals surface area contributed by atoms with E-state index in [0.717, 1.165) is 18.7 Å². The van der Waals surface area contributed by atoms with E-state index in [0.29, 0.717) is 6.54 Å². The third-order valence-corrected chi connectivity index (χ3v) is 2.66. The quantitative estimate of drug-likeness (QED) is 0.771. The minimum absolute atomic E-state index is 0.199. The van der Waals surface area contributed by atoms with Crippen molar-refractivity contribution in [3.8, 4) is 0 Å². The molecule has 1 aromatic rings. The van der Waals surface area contributed by atoms with Gasteiger partial charge in [0.2, 0.25) is 0 Å². The Bertz CT molecular complexity index is 323. The molecule has 1 aromatic carbocycles. The second-order valence-electron chi connectivity index (χ2n) is 3.61. The number of anilines is 1. The normalized spacial score (nSPS) is 21.1. The van der Waals surface area contributed by atoms with Gasteiger partial charge < -0.3 is 10.0 Å². The van der Waals surface area contributed by atoms with Crippen LogP contribution >= 0.6 is 0 Å². The summed E-state index contributed by atoms with van der Waals surface area (Å²) < 4.78 is 0. The van der Waals surface area contributed by atoms with Gasteiger partial charge in [0.05, 0.1) is 5.92 Å². The highest BCUT2D eigenvalue weighted by Gasteiger charge is 2.27. The predicted octanol–water partition coefficient (Wildman–Crippen LogP) is 1.60. The molecule has 0 aliphatic carbocycles. The average molecular weight is 191 g/mol. The highest BCUT2D eigenvalue weighted by Crippen LogP contribution is 2.23. The lowest BCUT2D eigenvalue weighted by atomic mass is 10.1. The van der Waals surface area contributed by atoms with E-state index in [9.17, 15) is 4.79 Å². The maximum absolute atomic E-state index is 10.8. The number of carbonyl (C=O) groups is 1. The van der Waals surface area contributed by atoms with Crippen LogP contribution in [0.5, 0.6) is 0 Å². The molecular weight excluding hydrogens is 178 g/mol. The van der Waals surface area contributed by atoms with Crippen LogP contribution in [0.4, 0.5) is 5.69 Å². The summed E-state index contributed by atoms with van der Waals surface area (Å²) in [6, 6.07) is 9.95. The summed E-state index contributed by atoms with van der Waals surface area (Å²) in [5.74, 6) is -0.876. The minimum Gasteiger partial charge on any atom is -0.481 e. The Labute approximate surface area is 83.0 Å². The largest absolute Gasteiger partial charge is 0.481 e. The monoisotopic (exact) mass is 191 g/mol. The van der Waals surface area contributed by atoms with Gasteiger partial charge in [-0.2, -0.15) is 0 Å². The molecular formula is C11H13NO2. The molecule has 1 aliphatic heterocycles. The summed E-state index contributed by atoms with van der Waals surface area (Å²) in [7, 11) is 0. The Morgan fingerprint density at radius 1 is 1.36 bits per heavy atom. The lowest BCUT2D eigenvalue weighted by Gasteiger charge is -2.17. The van der Waals surface area contributed by atoms with E-state index in [-0.39, 0.29) is 5.92 Å². The Morgan fingerprint density at radius 3 is 2.64 bits per heavy atom. The van der Waals surface area contributed by atoms with Gasteiger partial charge in [-0.15, -0.1) is 0 Å². The summed E-state index contributed by atoms with van der Waals surface area (Å²) in [5, 5.41) is 8.85. The standard InChI is InChI=1S/C11H13NO2/c13-11(14)9-6-7-12(8-9)10-4-2-1-3-5-10/h1-5,9H,6-8H2,(H,13,14)/t9-/m0/s1. The summed E-state index contributed by atoms with van der Waals surface area (Å²) >= 11 is 0. The topological polar surface area (TPSA) is 40.5 Å². The molecule has 1 heterocycles. The molecule has 0 amide bonds. The van der Waals surface area contributed by atoms with E-state index >= 15 is 0 Å². The van der Waals surface area contributed by atoms with E-state index in [2.05, 4.69) is 4.90 Å². The number of aliphatic carboxylic acids is 1. The number of hydrogen-bond donors (Lipinski definition) is 1. The Balaban J connectivity index is 2.06. The van der Waals surface area contributed by atoms with Crippen LogP contribution in [-0.2, 0) is 4.79 Å². The zero-order valence-corrected chi connectivity index (χ0v) is 7.89. The highest BCUT2D eigenvalue weighted by molar-refractivity contribution is 5.72. The fourth-order valence-corrected chi connectivity index (χ4v) is 1.84. The zero-order chi connectivity index (χ0) is 9.97. The van der Waals surface area contributed by atoms with Crippen molar-refractivity contribution in [2.24, 2.45) is 5.92 Å². The molecule has 0 aromatic heterocycles. The van der Waals surface area contributed by atoms with Crippen LogP contribution in [0.2, 0.25) is 0 Å². The maximum atomic E-state index is 10.8. The summed E-state index contributed by atoms with van der Waals surface area (Å²) in [5.41, 5.74) is 1.12. The first-order valence-electron chi connectivity index (χ1n) is 4.80. The Morgan fingerprint density at radius 2 is 2.07 bits per heavy atom. The molecule has 0 saturated carbocycles. The SMILES string of the molecule is O=C(O)[C@H]1CCN(c2ccccc2)C1. The van der Waals surface area contributed by atoms with Crippen LogP contribution in [0, 0.1) is 5.92 Å². The summed E-state index contributed by atoms with van der Waals surface area (Å²) in [6.07, 6.45) is 0.754. The molecule has 1 fully saturated rings. The molecule has 1 aliphatic rings. The van der Waals surface area contributed by atoms with Crippen molar-refractivity contribution in [3.63, 3.8) is 0 Å². The zero-order valence-electron chi connectivity index (χ0n) is 7.89. The Hall–Kier alpha value is -1.51. The van der Waals surface area contributed by atoms with Crippen LogP contribution in [0.15, 0.2) is 30.3 Å². The molecule has 3 heteroatoms. The van der Waals surface area contributed by atoms with E-state index in [1.165, 1.54) is 0 Å². The molecule has 2 rings (SSSR count). The molecule has 74 valence electrons. The van der Waals surface area contributed by atoms with E-state index in [4.69, 9.17) is 5.11 Å². The van der Waals surface area contributed by atoms with Crippen molar-refractivity contribution < 1.29 is 9.90 Å². The highest BCUT2D eigenvalue weighted by atomic mass is 16.4. The number of benzene rings is 1. The second kappa shape index (κ2) is 3.70. The van der Waals surface area contributed by atoms with Gasteiger partial charge in [-0.1, -0.05) is 18.2 Å². The fourth-order valence-electron chi connectivity index (χ4n) is 1.84. The van der Waals surface area contributed by atoms with Crippen molar-refractivity contribution in [1.82, 2.24) is 0 Å². The van der Waals surface area contributed by atoms with Crippen LogP contribution in [-0.4, -0.2) is 24.2 Å². The smallest absolute Gasteiger partial charge is 0.308 e. The third-order valence-electron chi connectivity index (χ3n) is 2.66. The summed E-state index contributed by atoms with van der Waals surface area (Å²) in [4.78, 5) is 12.9. The van der Waals surface area contributed by atoms with Gasteiger partial charge in [-0.05, 0) is 18.6 Å². The fraction of sp³-hybridized carbons (Fsp3) is 0.364. The predicted molar refractivity (Wildman–Crippen MR) is 54.4 cm³/mol. The first-order valence-corrected chi connectivity index (χ1v) is 4.80. The van der Waals surface area contributed by atoms with Gasteiger partial charge in [-0.25, -0.2) is 0 Å². The van der Waals surface area contributed by atoms with Crippen LogP contribution in [0.3, 0.4) is 0 Å². The molecule has 0 unspecified atom stereocenters. The van der Waals surface area contributed by atoms with E-state index in [1.807, 2.05) is 30.3 Å². The number of hydrogen-bond acceptors (Lipinski definition) is 2. The van der Waals surface area contributed by atoms with Crippen molar-refractivity contribution >= 4 is 11.7 Å². The molecule has 1 saturated heterocycles. The van der Waals surface area contributed by atoms with Gasteiger partial charge in [0.15, 0.2) is 0 Å². The van der Waals surface area contributed by atoms with E-state index < -0.39 is 5.97 Å². The van der Waals surface area contributed by atoms with Crippen molar-refractivity contribution in [2.75, 3.05) is 18.0 Å². The molecule has 1 N–H and O–H groups in total. The molecule has 0 spiro atoms. The van der Waals surface area contributed by atoms with Crippen molar-refractivity contribution in [2.45, 2.75) is 6.42 Å². The molecule has 14 heavy (non-hydrogen) atoms. The first kappa shape index (κ1) is 9.06. The lowest BCUT2D eigenvalue weighted by molar-refractivity contribution is -0.140. The lowest BCUT2D eigenvalue weighted by Crippen LogP contribution is -2.22. The van der Waals surface area contributed by atoms with Gasteiger partial charge in [0, 0.05) is 18.8 Å². The van der Waals surface area contributed by atoms with Gasteiger partial charge in [-0.3, -0.25) is 4.79 Å². The minimum atomic E-state index is -0.677. The number of carboxylic acids is 1. The number of carboxylic acid groups (broad SMARTS) is 1.